The molecule has 1 heteroatoms. The fourth-order valence-electron chi connectivity index (χ4n) is 6.94. The summed E-state index contributed by atoms with van der Waals surface area (Å²) in [6.07, 6.45) is 14.1. The Hall–Kier alpha value is -5.66. The molecule has 6 aromatic rings. The van der Waals surface area contributed by atoms with Crippen molar-refractivity contribution in [2.45, 2.75) is 0 Å². The molecule has 0 saturated heterocycles. The maximum atomic E-state index is 2.40. The molecule has 6 aromatic carbocycles. The molecular weight excluding hydrogens is 518 g/mol. The van der Waals surface area contributed by atoms with Gasteiger partial charge in [0.2, 0.25) is 0 Å². The molecule has 0 amide bonds. The minimum absolute atomic E-state index is 1.19. The summed E-state index contributed by atoms with van der Waals surface area (Å²) in [6, 6.07) is 45.9. The second-order valence-electron chi connectivity index (χ2n) is 11.4. The lowest BCUT2D eigenvalue weighted by Gasteiger charge is -2.37. The van der Waals surface area contributed by atoms with Crippen LogP contribution in [0, 0.1) is 0 Å². The maximum Gasteiger partial charge on any atom is 0.0474 e. The molecule has 0 spiro atoms. The number of nitrogens with zero attached hydrogens (tertiary/aromatic N) is 1. The Morgan fingerprint density at radius 1 is 0.279 bits per heavy atom. The van der Waals surface area contributed by atoms with E-state index in [-0.39, 0.29) is 0 Å². The van der Waals surface area contributed by atoms with Gasteiger partial charge in [-0.25, -0.2) is 0 Å². The summed E-state index contributed by atoms with van der Waals surface area (Å²) in [5.74, 6) is 0. The Morgan fingerprint density at radius 3 is 0.930 bits per heavy atom. The first-order valence-corrected chi connectivity index (χ1v) is 14.8. The van der Waals surface area contributed by atoms with Crippen LogP contribution in [0.5, 0.6) is 0 Å². The van der Waals surface area contributed by atoms with E-state index >= 15 is 0 Å². The molecule has 0 fully saturated rings. The minimum Gasteiger partial charge on any atom is -0.310 e. The monoisotopic (exact) mass is 545 g/mol. The highest BCUT2D eigenvalue weighted by molar-refractivity contribution is 6.02. The lowest BCUT2D eigenvalue weighted by molar-refractivity contribution is 0.567. The Bertz CT molecular complexity index is 2060. The first-order chi connectivity index (χ1) is 21.3. The molecule has 0 atom stereocenters. The first-order valence-electron chi connectivity index (χ1n) is 14.8. The van der Waals surface area contributed by atoms with E-state index in [9.17, 15) is 0 Å². The SMILES string of the molecule is C1=C(c2cccc3ccccc23)C=C2C=C(c3cccc4ccccc34)C=C3C=C(c4cccc5ccccc45)C=C1N23. The van der Waals surface area contributed by atoms with Crippen molar-refractivity contribution in [1.82, 2.24) is 4.90 Å². The average Bonchev–Trinajstić information content (AvgIpc) is 3.07. The topological polar surface area (TPSA) is 3.24 Å². The van der Waals surface area contributed by atoms with Gasteiger partial charge in [0.25, 0.3) is 0 Å². The first kappa shape index (κ1) is 24.0. The van der Waals surface area contributed by atoms with Crippen LogP contribution in [0.25, 0.3) is 49.0 Å². The van der Waals surface area contributed by atoms with Gasteiger partial charge in [0, 0.05) is 17.1 Å². The molecule has 0 unspecified atom stereocenters. The van der Waals surface area contributed by atoms with E-state index in [0.29, 0.717) is 0 Å². The van der Waals surface area contributed by atoms with Gasteiger partial charge in [-0.2, -0.15) is 0 Å². The Kier molecular flexibility index (Phi) is 5.27. The zero-order valence-corrected chi connectivity index (χ0v) is 23.5. The third kappa shape index (κ3) is 3.86. The van der Waals surface area contributed by atoms with Gasteiger partial charge < -0.3 is 4.90 Å². The highest BCUT2D eigenvalue weighted by Gasteiger charge is 2.29. The lowest BCUT2D eigenvalue weighted by Crippen LogP contribution is -2.26. The summed E-state index contributed by atoms with van der Waals surface area (Å²) in [5.41, 5.74) is 11.0. The fourth-order valence-corrected chi connectivity index (χ4v) is 6.94. The fraction of sp³-hybridized carbons (Fsp3) is 0. The minimum atomic E-state index is 1.19. The Labute approximate surface area is 251 Å². The summed E-state index contributed by atoms with van der Waals surface area (Å²) in [6.45, 7) is 0. The standard InChI is InChI=1S/C42H27N/c1-4-16-37-28(10-1)13-7-19-40(37)31-22-34-24-32(41-20-8-14-29-11-2-5-17-38(29)41)26-36-27-33(25-35(23-31)43(34)36)42-21-9-15-30-12-3-6-18-39(30)42/h1-27H. The van der Waals surface area contributed by atoms with Crippen molar-refractivity contribution in [3.63, 3.8) is 0 Å². The molecule has 3 aliphatic rings. The molecule has 0 N–H and O–H groups in total. The van der Waals surface area contributed by atoms with Gasteiger partial charge in [0.15, 0.2) is 0 Å². The lowest BCUT2D eigenvalue weighted by atomic mass is 9.87. The molecule has 0 aliphatic carbocycles. The van der Waals surface area contributed by atoms with Crippen LogP contribution in [0.2, 0.25) is 0 Å². The molecular formula is C42H27N. The summed E-state index contributed by atoms with van der Waals surface area (Å²) in [5, 5.41) is 7.58. The summed E-state index contributed by atoms with van der Waals surface area (Å²) in [7, 11) is 0. The molecule has 9 rings (SSSR count). The molecule has 0 aromatic heterocycles. The number of rotatable bonds is 3. The maximum absolute atomic E-state index is 2.40. The van der Waals surface area contributed by atoms with Crippen molar-refractivity contribution < 1.29 is 0 Å². The van der Waals surface area contributed by atoms with Crippen LogP contribution in [0.15, 0.2) is 181 Å². The zero-order chi connectivity index (χ0) is 28.3. The van der Waals surface area contributed by atoms with E-state index in [0.717, 1.165) is 0 Å². The summed E-state index contributed by atoms with van der Waals surface area (Å²) in [4.78, 5) is 2.40. The highest BCUT2D eigenvalue weighted by atomic mass is 15.2. The van der Waals surface area contributed by atoms with Crippen molar-refractivity contribution in [1.29, 1.82) is 0 Å². The van der Waals surface area contributed by atoms with Crippen LogP contribution in [0.4, 0.5) is 0 Å². The van der Waals surface area contributed by atoms with Crippen molar-refractivity contribution in [3.8, 4) is 0 Å². The Morgan fingerprint density at radius 2 is 0.581 bits per heavy atom. The summed E-state index contributed by atoms with van der Waals surface area (Å²) >= 11 is 0. The predicted octanol–water partition coefficient (Wildman–Crippen LogP) is 10.7. The number of fused-ring (bicyclic) bond motifs is 3. The summed E-state index contributed by atoms with van der Waals surface area (Å²) < 4.78 is 0. The van der Waals surface area contributed by atoms with Gasteiger partial charge in [-0.15, -0.1) is 0 Å². The number of allylic oxidation sites excluding steroid dienone is 9. The predicted molar refractivity (Wildman–Crippen MR) is 182 cm³/mol. The van der Waals surface area contributed by atoms with Crippen LogP contribution >= 0.6 is 0 Å². The molecule has 0 bridgehead atoms. The van der Waals surface area contributed by atoms with Crippen molar-refractivity contribution >= 4 is 49.0 Å². The van der Waals surface area contributed by atoms with Gasteiger partial charge in [-0.3, -0.25) is 0 Å². The zero-order valence-electron chi connectivity index (χ0n) is 23.5. The average molecular weight is 546 g/mol. The van der Waals surface area contributed by atoms with Crippen LogP contribution in [-0.2, 0) is 0 Å². The third-order valence-electron chi connectivity index (χ3n) is 8.90. The molecule has 0 saturated carbocycles. The van der Waals surface area contributed by atoms with E-state index < -0.39 is 0 Å². The molecule has 43 heavy (non-hydrogen) atoms. The molecule has 1 nitrogen and oxygen atoms in total. The van der Waals surface area contributed by atoms with Crippen molar-refractivity contribution in [3.05, 3.63) is 198 Å². The largest absolute Gasteiger partial charge is 0.310 e. The smallest absolute Gasteiger partial charge is 0.0474 e. The number of benzene rings is 6. The molecule has 3 heterocycles. The molecule has 3 aliphatic heterocycles. The Balaban J connectivity index is 1.30. The number of hydrogen-bond donors (Lipinski definition) is 0. The second-order valence-corrected chi connectivity index (χ2v) is 11.4. The van der Waals surface area contributed by atoms with E-state index in [4.69, 9.17) is 0 Å². The highest BCUT2D eigenvalue weighted by Crippen LogP contribution is 2.44. The van der Waals surface area contributed by atoms with Gasteiger partial charge in [0.05, 0.1) is 0 Å². The van der Waals surface area contributed by atoms with Gasteiger partial charge in [-0.05, 0) is 102 Å². The van der Waals surface area contributed by atoms with Crippen LogP contribution in [0.3, 0.4) is 0 Å². The number of hydrogen-bond acceptors (Lipinski definition) is 1. The second kappa shape index (κ2) is 9.44. The molecule has 0 radical (unpaired) electrons. The normalized spacial score (nSPS) is 15.8. The quantitative estimate of drug-likeness (QED) is 0.214. The van der Waals surface area contributed by atoms with E-state index in [1.165, 1.54) is 82.8 Å². The van der Waals surface area contributed by atoms with Crippen LogP contribution < -0.4 is 0 Å². The van der Waals surface area contributed by atoms with Crippen molar-refractivity contribution in [2.75, 3.05) is 0 Å². The van der Waals surface area contributed by atoms with Gasteiger partial charge in [-0.1, -0.05) is 127 Å². The van der Waals surface area contributed by atoms with Gasteiger partial charge in [0.1, 0.15) is 0 Å². The van der Waals surface area contributed by atoms with E-state index in [1.54, 1.807) is 0 Å². The van der Waals surface area contributed by atoms with Crippen LogP contribution in [0.1, 0.15) is 16.7 Å². The molecule has 200 valence electrons. The van der Waals surface area contributed by atoms with Crippen LogP contribution in [-0.4, -0.2) is 4.90 Å². The third-order valence-corrected chi connectivity index (χ3v) is 8.90. The van der Waals surface area contributed by atoms with E-state index in [1.807, 2.05) is 0 Å². The van der Waals surface area contributed by atoms with Crippen molar-refractivity contribution in [2.24, 2.45) is 0 Å². The van der Waals surface area contributed by atoms with Gasteiger partial charge >= 0.3 is 0 Å². The van der Waals surface area contributed by atoms with E-state index in [2.05, 4.69) is 169 Å².